The molecule has 0 saturated carbocycles. The number of rotatable bonds is 3. The maximum Gasteiger partial charge on any atom is 0.193 e. The number of pyridine rings is 1. The van der Waals surface area contributed by atoms with E-state index in [2.05, 4.69) is 33.7 Å². The highest BCUT2D eigenvalue weighted by Gasteiger charge is 2.11. The normalized spacial score (nSPS) is 11.0. The van der Waals surface area contributed by atoms with Gasteiger partial charge in [0.05, 0.1) is 11.4 Å². The fourth-order valence-electron chi connectivity index (χ4n) is 2.26. The quantitative estimate of drug-likeness (QED) is 0.427. The van der Waals surface area contributed by atoms with Crippen LogP contribution in [0, 0.1) is 0 Å². The van der Waals surface area contributed by atoms with Gasteiger partial charge in [-0.1, -0.05) is 0 Å². The van der Waals surface area contributed by atoms with Gasteiger partial charge in [0.2, 0.25) is 0 Å². The van der Waals surface area contributed by atoms with Crippen molar-refractivity contribution in [3.8, 4) is 33.8 Å². The van der Waals surface area contributed by atoms with Gasteiger partial charge >= 0.3 is 0 Å². The molecule has 4 heterocycles. The molecule has 4 aromatic heterocycles. The van der Waals surface area contributed by atoms with Crippen molar-refractivity contribution >= 4 is 34.3 Å². The van der Waals surface area contributed by atoms with Gasteiger partial charge in [0, 0.05) is 27.5 Å². The van der Waals surface area contributed by atoms with Gasteiger partial charge in [-0.2, -0.15) is 22.7 Å². The summed E-state index contributed by atoms with van der Waals surface area (Å²) >= 11 is 9.23. The van der Waals surface area contributed by atoms with Crippen molar-refractivity contribution in [3.63, 3.8) is 0 Å². The van der Waals surface area contributed by atoms with Crippen LogP contribution < -0.4 is 0 Å². The molecule has 0 aliphatic rings. The third-order valence-corrected chi connectivity index (χ3v) is 4.89. The van der Waals surface area contributed by atoms with Crippen molar-refractivity contribution in [2.75, 3.05) is 0 Å². The number of hydrogen-bond donors (Lipinski definition) is 0. The van der Waals surface area contributed by atoms with E-state index in [0.29, 0.717) is 5.22 Å². The van der Waals surface area contributed by atoms with E-state index in [9.17, 15) is 0 Å². The average Bonchev–Trinajstić information content (AvgIpc) is 3.29. The van der Waals surface area contributed by atoms with E-state index in [-0.39, 0.29) is 0 Å². The molecule has 0 amide bonds. The van der Waals surface area contributed by atoms with Crippen LogP contribution in [0.4, 0.5) is 0 Å². The molecule has 0 bridgehead atoms. The SMILES string of the molecule is Clc1ccc(-c2cc(-c3ccsc3)nc(-c3ccsc3)c2)o1. The van der Waals surface area contributed by atoms with E-state index < -0.39 is 0 Å². The Kier molecular flexibility index (Phi) is 3.58. The van der Waals surface area contributed by atoms with E-state index in [1.807, 2.05) is 18.2 Å². The minimum atomic E-state index is 0.390. The summed E-state index contributed by atoms with van der Waals surface area (Å²) in [7, 11) is 0. The van der Waals surface area contributed by atoms with E-state index in [0.717, 1.165) is 33.8 Å². The number of furan rings is 1. The first kappa shape index (κ1) is 13.8. The van der Waals surface area contributed by atoms with Crippen LogP contribution in [-0.4, -0.2) is 4.98 Å². The lowest BCUT2D eigenvalue weighted by atomic mass is 10.1. The maximum atomic E-state index is 5.91. The van der Waals surface area contributed by atoms with Gasteiger partial charge in [0.15, 0.2) is 5.22 Å². The average molecular weight is 344 g/mol. The molecular formula is C17H10ClNOS2. The molecule has 0 saturated heterocycles. The number of aromatic nitrogens is 1. The topological polar surface area (TPSA) is 26.0 Å². The largest absolute Gasteiger partial charge is 0.445 e. The molecule has 0 atom stereocenters. The summed E-state index contributed by atoms with van der Waals surface area (Å²) in [6.07, 6.45) is 0. The zero-order chi connectivity index (χ0) is 14.9. The van der Waals surface area contributed by atoms with Crippen LogP contribution in [0.2, 0.25) is 5.22 Å². The minimum absolute atomic E-state index is 0.390. The molecule has 0 radical (unpaired) electrons. The Morgan fingerprint density at radius 3 is 1.91 bits per heavy atom. The summed E-state index contributed by atoms with van der Waals surface area (Å²) in [5.74, 6) is 0.750. The number of nitrogens with zero attached hydrogens (tertiary/aromatic N) is 1. The molecular weight excluding hydrogens is 334 g/mol. The van der Waals surface area contributed by atoms with Crippen molar-refractivity contribution in [3.05, 3.63) is 63.1 Å². The van der Waals surface area contributed by atoms with Gasteiger partial charge in [0.25, 0.3) is 0 Å². The van der Waals surface area contributed by atoms with Crippen molar-refractivity contribution in [2.45, 2.75) is 0 Å². The molecule has 0 aromatic carbocycles. The van der Waals surface area contributed by atoms with Gasteiger partial charge in [-0.05, 0) is 58.8 Å². The second-order valence-corrected chi connectivity index (χ2v) is 6.69. The summed E-state index contributed by atoms with van der Waals surface area (Å²) in [6, 6.07) is 11.9. The summed E-state index contributed by atoms with van der Waals surface area (Å²) < 4.78 is 5.56. The second kappa shape index (κ2) is 5.72. The van der Waals surface area contributed by atoms with Crippen molar-refractivity contribution < 1.29 is 4.42 Å². The zero-order valence-electron chi connectivity index (χ0n) is 11.3. The second-order valence-electron chi connectivity index (χ2n) is 4.75. The Hall–Kier alpha value is -1.88. The first-order chi connectivity index (χ1) is 10.8. The van der Waals surface area contributed by atoms with Crippen LogP contribution in [0.25, 0.3) is 33.8 Å². The number of halogens is 1. The van der Waals surface area contributed by atoms with Crippen LogP contribution in [-0.2, 0) is 0 Å². The summed E-state index contributed by atoms with van der Waals surface area (Å²) in [6.45, 7) is 0. The Morgan fingerprint density at radius 1 is 0.818 bits per heavy atom. The molecule has 0 N–H and O–H groups in total. The lowest BCUT2D eigenvalue weighted by Crippen LogP contribution is -1.88. The van der Waals surface area contributed by atoms with Crippen molar-refractivity contribution in [1.82, 2.24) is 4.98 Å². The van der Waals surface area contributed by atoms with E-state index in [1.165, 1.54) is 0 Å². The molecule has 5 heteroatoms. The fraction of sp³-hybridized carbons (Fsp3) is 0. The van der Waals surface area contributed by atoms with Gasteiger partial charge in [-0.15, -0.1) is 0 Å². The van der Waals surface area contributed by atoms with Crippen LogP contribution in [0.15, 0.2) is 62.3 Å². The highest BCUT2D eigenvalue weighted by Crippen LogP contribution is 2.33. The predicted molar refractivity (Wildman–Crippen MR) is 93.6 cm³/mol. The van der Waals surface area contributed by atoms with E-state index in [4.69, 9.17) is 21.0 Å². The molecule has 22 heavy (non-hydrogen) atoms. The Bertz CT molecular complexity index is 842. The van der Waals surface area contributed by atoms with Crippen molar-refractivity contribution in [2.24, 2.45) is 0 Å². The van der Waals surface area contributed by atoms with Crippen LogP contribution in [0.1, 0.15) is 0 Å². The molecule has 4 rings (SSSR count). The van der Waals surface area contributed by atoms with E-state index >= 15 is 0 Å². The highest BCUT2D eigenvalue weighted by molar-refractivity contribution is 7.08. The molecule has 0 aliphatic heterocycles. The van der Waals surface area contributed by atoms with Crippen LogP contribution >= 0.6 is 34.3 Å². The van der Waals surface area contributed by atoms with Crippen LogP contribution in [0.5, 0.6) is 0 Å². The Morgan fingerprint density at radius 2 is 1.45 bits per heavy atom. The minimum Gasteiger partial charge on any atom is -0.445 e. The Balaban J connectivity index is 1.91. The van der Waals surface area contributed by atoms with Crippen LogP contribution in [0.3, 0.4) is 0 Å². The third kappa shape index (κ3) is 2.61. The standard InChI is InChI=1S/C17H10ClNOS2/c18-17-2-1-16(20-17)13-7-14(11-3-5-21-9-11)19-15(8-13)12-4-6-22-10-12/h1-10H. The van der Waals surface area contributed by atoms with Gasteiger partial charge < -0.3 is 4.42 Å². The van der Waals surface area contributed by atoms with Gasteiger partial charge in [-0.25, -0.2) is 4.98 Å². The van der Waals surface area contributed by atoms with Gasteiger partial charge in [0.1, 0.15) is 5.76 Å². The maximum absolute atomic E-state index is 5.91. The summed E-state index contributed by atoms with van der Waals surface area (Å²) in [5.41, 5.74) is 5.08. The molecule has 108 valence electrons. The number of hydrogen-bond acceptors (Lipinski definition) is 4. The van der Waals surface area contributed by atoms with E-state index in [1.54, 1.807) is 28.7 Å². The molecule has 2 nitrogen and oxygen atoms in total. The summed E-state index contributed by atoms with van der Waals surface area (Å²) in [4.78, 5) is 4.79. The predicted octanol–water partition coefficient (Wildman–Crippen LogP) is 6.45. The summed E-state index contributed by atoms with van der Waals surface area (Å²) in [5, 5.41) is 8.69. The zero-order valence-corrected chi connectivity index (χ0v) is 13.7. The first-order valence-corrected chi connectivity index (χ1v) is 8.89. The molecule has 4 aromatic rings. The monoisotopic (exact) mass is 343 g/mol. The van der Waals surface area contributed by atoms with Gasteiger partial charge in [-0.3, -0.25) is 0 Å². The fourth-order valence-corrected chi connectivity index (χ4v) is 3.70. The molecule has 0 unspecified atom stereocenters. The highest BCUT2D eigenvalue weighted by atomic mass is 35.5. The molecule has 0 fully saturated rings. The Labute approximate surface area is 140 Å². The lowest BCUT2D eigenvalue weighted by Gasteiger charge is -2.06. The third-order valence-electron chi connectivity index (χ3n) is 3.32. The smallest absolute Gasteiger partial charge is 0.193 e. The molecule has 0 aliphatic carbocycles. The first-order valence-electron chi connectivity index (χ1n) is 6.62. The number of thiophene rings is 2. The lowest BCUT2D eigenvalue weighted by molar-refractivity contribution is 0.584. The van der Waals surface area contributed by atoms with Crippen molar-refractivity contribution in [1.29, 1.82) is 0 Å². The molecule has 0 spiro atoms.